The summed E-state index contributed by atoms with van der Waals surface area (Å²) in [5.41, 5.74) is -0.435. The van der Waals surface area contributed by atoms with Crippen LogP contribution in [0.1, 0.15) is 52.4 Å². The van der Waals surface area contributed by atoms with Crippen molar-refractivity contribution in [2.75, 3.05) is 19.0 Å². The van der Waals surface area contributed by atoms with Crippen molar-refractivity contribution >= 4 is 21.8 Å². The monoisotopic (exact) mass is 322 g/mol. The fourth-order valence-electron chi connectivity index (χ4n) is 3.14. The van der Waals surface area contributed by atoms with E-state index >= 15 is 0 Å². The second kappa shape index (κ2) is 6.51. The summed E-state index contributed by atoms with van der Waals surface area (Å²) >= 11 is 6.11. The normalized spacial score (nSPS) is 34.2. The largest absolute Gasteiger partial charge is 0.279 e. The van der Waals surface area contributed by atoms with Crippen LogP contribution in [0.4, 0.5) is 0 Å². The summed E-state index contributed by atoms with van der Waals surface area (Å²) in [5, 5.41) is 0. The minimum atomic E-state index is -3.40. The van der Waals surface area contributed by atoms with Gasteiger partial charge in [-0.05, 0) is 50.4 Å². The van der Waals surface area contributed by atoms with Crippen LogP contribution >= 0.6 is 11.6 Å². The van der Waals surface area contributed by atoms with E-state index in [4.69, 9.17) is 11.6 Å². The third-order valence-corrected chi connectivity index (χ3v) is 7.16. The Hall–Kier alpha value is 0.160. The third-order valence-electron chi connectivity index (χ3n) is 4.92. The molecule has 0 bridgehead atoms. The number of nitrogens with zero attached hydrogens (tertiary/aromatic N) is 1. The van der Waals surface area contributed by atoms with E-state index in [1.807, 2.05) is 0 Å². The van der Waals surface area contributed by atoms with E-state index in [1.165, 1.54) is 0 Å². The molecule has 0 amide bonds. The Morgan fingerprint density at radius 2 is 1.60 bits per heavy atom. The van der Waals surface area contributed by atoms with Crippen molar-refractivity contribution in [3.63, 3.8) is 0 Å². The molecule has 1 saturated carbocycles. The first-order valence-electron chi connectivity index (χ1n) is 7.72. The smallest absolute Gasteiger partial charge is 0.195 e. The summed E-state index contributed by atoms with van der Waals surface area (Å²) in [7, 11) is -3.40. The zero-order valence-corrected chi connectivity index (χ0v) is 14.1. The molecule has 1 aliphatic carbocycles. The number of hydrogen-bond donors (Lipinski definition) is 1. The minimum Gasteiger partial charge on any atom is -0.195 e. The number of hydrogen-bond acceptors (Lipinski definition) is 2. The maximum Gasteiger partial charge on any atom is 0.279 e. The molecular formula is C14H27ClN2O2S. The Bertz CT molecular complexity index is 411. The van der Waals surface area contributed by atoms with Crippen molar-refractivity contribution in [3.05, 3.63) is 0 Å². The molecule has 20 heavy (non-hydrogen) atoms. The van der Waals surface area contributed by atoms with Gasteiger partial charge in [0.15, 0.2) is 0 Å². The second-order valence-corrected chi connectivity index (χ2v) is 8.72. The Morgan fingerprint density at radius 1 is 1.10 bits per heavy atom. The number of nitrogens with one attached hydrogen (secondary N) is 1. The highest BCUT2D eigenvalue weighted by Gasteiger charge is 2.39. The van der Waals surface area contributed by atoms with Gasteiger partial charge in [-0.1, -0.05) is 13.8 Å². The van der Waals surface area contributed by atoms with Gasteiger partial charge in [0.2, 0.25) is 0 Å². The molecule has 0 unspecified atom stereocenters. The van der Waals surface area contributed by atoms with Crippen molar-refractivity contribution in [1.82, 2.24) is 9.03 Å². The zero-order valence-electron chi connectivity index (χ0n) is 12.6. The van der Waals surface area contributed by atoms with Crippen LogP contribution in [0.2, 0.25) is 0 Å². The van der Waals surface area contributed by atoms with Gasteiger partial charge in [0.25, 0.3) is 10.2 Å². The van der Waals surface area contributed by atoms with E-state index in [9.17, 15) is 8.42 Å². The molecular weight excluding hydrogens is 296 g/mol. The fraction of sp³-hybridized carbons (Fsp3) is 1.00. The lowest BCUT2D eigenvalue weighted by Crippen LogP contribution is -2.57. The molecule has 4 nitrogen and oxygen atoms in total. The first kappa shape index (κ1) is 16.5. The molecule has 0 atom stereocenters. The molecule has 2 rings (SSSR count). The minimum absolute atomic E-state index is 0.364. The molecule has 0 aromatic heterocycles. The molecule has 1 saturated heterocycles. The van der Waals surface area contributed by atoms with Crippen LogP contribution in [-0.2, 0) is 10.2 Å². The SMILES string of the molecule is CC1CCN(S(=O)(=O)NC2(CCl)CCC(C)CC2)CC1. The second-order valence-electron chi connectivity index (χ2n) is 6.79. The molecule has 0 aromatic carbocycles. The molecule has 0 radical (unpaired) electrons. The maximum atomic E-state index is 12.6. The highest BCUT2D eigenvalue weighted by Crippen LogP contribution is 2.34. The summed E-state index contributed by atoms with van der Waals surface area (Å²) < 4.78 is 29.7. The van der Waals surface area contributed by atoms with Crippen molar-refractivity contribution < 1.29 is 8.42 Å². The fourth-order valence-corrected chi connectivity index (χ4v) is 5.20. The first-order chi connectivity index (χ1) is 9.37. The van der Waals surface area contributed by atoms with E-state index in [1.54, 1.807) is 4.31 Å². The molecule has 1 heterocycles. The van der Waals surface area contributed by atoms with E-state index in [-0.39, 0.29) is 0 Å². The molecule has 2 fully saturated rings. The van der Waals surface area contributed by atoms with Crippen LogP contribution in [-0.4, -0.2) is 37.2 Å². The maximum absolute atomic E-state index is 12.6. The molecule has 118 valence electrons. The number of alkyl halides is 1. The van der Waals surface area contributed by atoms with Gasteiger partial charge in [0.1, 0.15) is 0 Å². The van der Waals surface area contributed by atoms with E-state index in [0.717, 1.165) is 38.5 Å². The van der Waals surface area contributed by atoms with Crippen LogP contribution in [0.15, 0.2) is 0 Å². The third kappa shape index (κ3) is 3.87. The van der Waals surface area contributed by atoms with Gasteiger partial charge in [-0.25, -0.2) is 0 Å². The predicted molar refractivity (Wildman–Crippen MR) is 83.1 cm³/mol. The van der Waals surface area contributed by atoms with Crippen LogP contribution in [0.5, 0.6) is 0 Å². The highest BCUT2D eigenvalue weighted by molar-refractivity contribution is 7.87. The summed E-state index contributed by atoms with van der Waals surface area (Å²) in [5.74, 6) is 1.66. The Balaban J connectivity index is 2.02. The zero-order chi connectivity index (χ0) is 14.8. The number of rotatable bonds is 4. The lowest BCUT2D eigenvalue weighted by molar-refractivity contribution is 0.233. The standard InChI is InChI=1S/C14H27ClN2O2S/c1-12-3-7-14(11-15,8-4-12)16-20(18,19)17-9-5-13(2)6-10-17/h12-13,16H,3-11H2,1-2H3. The van der Waals surface area contributed by atoms with Gasteiger partial charge in [0, 0.05) is 24.5 Å². The van der Waals surface area contributed by atoms with Gasteiger partial charge >= 0.3 is 0 Å². The average molecular weight is 323 g/mol. The van der Waals surface area contributed by atoms with Gasteiger partial charge in [-0.3, -0.25) is 0 Å². The molecule has 0 aromatic rings. The summed E-state index contributed by atoms with van der Waals surface area (Å²) in [4.78, 5) is 0. The van der Waals surface area contributed by atoms with Crippen molar-refractivity contribution in [1.29, 1.82) is 0 Å². The van der Waals surface area contributed by atoms with Gasteiger partial charge in [0.05, 0.1) is 0 Å². The van der Waals surface area contributed by atoms with Gasteiger partial charge in [-0.2, -0.15) is 17.4 Å². The molecule has 6 heteroatoms. The topological polar surface area (TPSA) is 49.4 Å². The molecule has 0 spiro atoms. The Morgan fingerprint density at radius 3 is 2.10 bits per heavy atom. The summed E-state index contributed by atoms with van der Waals surface area (Å²) in [6.07, 6.45) is 5.69. The summed E-state index contributed by atoms with van der Waals surface area (Å²) in [6, 6.07) is 0. The van der Waals surface area contributed by atoms with Crippen molar-refractivity contribution in [3.8, 4) is 0 Å². The number of halogens is 1. The molecule has 1 N–H and O–H groups in total. The quantitative estimate of drug-likeness (QED) is 0.809. The highest BCUT2D eigenvalue weighted by atomic mass is 35.5. The van der Waals surface area contributed by atoms with Gasteiger partial charge < -0.3 is 0 Å². The number of piperidine rings is 1. The Labute approximate surface area is 128 Å². The predicted octanol–water partition coefficient (Wildman–Crippen LogP) is 2.74. The lowest BCUT2D eigenvalue weighted by Gasteiger charge is -2.40. The van der Waals surface area contributed by atoms with Crippen LogP contribution < -0.4 is 4.72 Å². The van der Waals surface area contributed by atoms with E-state index < -0.39 is 15.7 Å². The van der Waals surface area contributed by atoms with Crippen LogP contribution in [0.3, 0.4) is 0 Å². The van der Waals surface area contributed by atoms with Crippen molar-refractivity contribution in [2.45, 2.75) is 57.9 Å². The van der Waals surface area contributed by atoms with Crippen LogP contribution in [0.25, 0.3) is 0 Å². The molecule has 1 aliphatic heterocycles. The lowest BCUT2D eigenvalue weighted by atomic mass is 9.79. The van der Waals surface area contributed by atoms with Crippen molar-refractivity contribution in [2.24, 2.45) is 11.8 Å². The van der Waals surface area contributed by atoms with E-state index in [2.05, 4.69) is 18.6 Å². The first-order valence-corrected chi connectivity index (χ1v) is 9.69. The average Bonchev–Trinajstić information content (AvgIpc) is 2.42. The summed E-state index contributed by atoms with van der Waals surface area (Å²) in [6.45, 7) is 5.66. The molecule has 2 aliphatic rings. The van der Waals surface area contributed by atoms with Gasteiger partial charge in [-0.15, -0.1) is 11.6 Å². The van der Waals surface area contributed by atoms with E-state index in [0.29, 0.717) is 30.8 Å². The Kier molecular flexibility index (Phi) is 5.38. The van der Waals surface area contributed by atoms with Crippen LogP contribution in [0, 0.1) is 11.8 Å².